The second-order valence-corrected chi connectivity index (χ2v) is 8.46. The number of rotatable bonds is 7. The van der Waals surface area contributed by atoms with Crippen molar-refractivity contribution in [2.45, 2.75) is 11.8 Å². The van der Waals surface area contributed by atoms with Gasteiger partial charge in [0.05, 0.1) is 31.0 Å². The average Bonchev–Trinajstić information content (AvgIpc) is 3.29. The number of nitrogens with zero attached hydrogens (tertiary/aromatic N) is 3. The molecular weight excluding hydrogens is 432 g/mol. The topological polar surface area (TPSA) is 116 Å². The highest BCUT2D eigenvalue weighted by Gasteiger charge is 2.20. The van der Waals surface area contributed by atoms with Crippen molar-refractivity contribution in [2.75, 3.05) is 18.9 Å². The van der Waals surface area contributed by atoms with Crippen LogP contribution in [0.1, 0.15) is 5.56 Å². The number of aromatic nitrogens is 3. The number of nitrogens with one attached hydrogen (secondary N) is 1. The number of anilines is 1. The van der Waals surface area contributed by atoms with Gasteiger partial charge in [-0.2, -0.15) is 0 Å². The van der Waals surface area contributed by atoms with Gasteiger partial charge in [-0.3, -0.25) is 9.71 Å². The van der Waals surface area contributed by atoms with Crippen LogP contribution in [0.4, 0.5) is 5.69 Å². The second-order valence-electron chi connectivity index (χ2n) is 6.81. The SMILES string of the molecule is COc1ccc(-c2nnc(-c3ccc(C)c(S(=O)(=O)Nc4cccnc4)c3)o2)cc1OC. The van der Waals surface area contributed by atoms with Crippen LogP contribution in [0.5, 0.6) is 11.5 Å². The van der Waals surface area contributed by atoms with E-state index in [2.05, 4.69) is 19.9 Å². The van der Waals surface area contributed by atoms with E-state index in [4.69, 9.17) is 13.9 Å². The zero-order chi connectivity index (χ0) is 22.7. The van der Waals surface area contributed by atoms with Gasteiger partial charge in [-0.05, 0) is 55.0 Å². The molecule has 0 aliphatic heterocycles. The largest absolute Gasteiger partial charge is 0.493 e. The van der Waals surface area contributed by atoms with Gasteiger partial charge in [-0.1, -0.05) is 6.07 Å². The first-order valence-electron chi connectivity index (χ1n) is 9.51. The van der Waals surface area contributed by atoms with Gasteiger partial charge < -0.3 is 13.9 Å². The Bertz CT molecular complexity index is 1350. The minimum Gasteiger partial charge on any atom is -0.493 e. The van der Waals surface area contributed by atoms with Gasteiger partial charge in [0.2, 0.25) is 11.8 Å². The van der Waals surface area contributed by atoms with E-state index in [0.717, 1.165) is 0 Å². The second kappa shape index (κ2) is 8.67. The maximum atomic E-state index is 12.9. The third-order valence-electron chi connectivity index (χ3n) is 4.69. The Hall–Kier alpha value is -3.92. The fraction of sp³-hybridized carbons (Fsp3) is 0.136. The normalized spacial score (nSPS) is 11.2. The van der Waals surface area contributed by atoms with Gasteiger partial charge in [0.15, 0.2) is 11.5 Å². The van der Waals surface area contributed by atoms with Crippen molar-refractivity contribution < 1.29 is 22.3 Å². The Balaban J connectivity index is 1.67. The highest BCUT2D eigenvalue weighted by molar-refractivity contribution is 7.92. The van der Waals surface area contributed by atoms with Crippen LogP contribution in [-0.4, -0.2) is 37.8 Å². The van der Waals surface area contributed by atoms with E-state index in [9.17, 15) is 8.42 Å². The molecule has 0 aliphatic carbocycles. The van der Waals surface area contributed by atoms with E-state index in [1.807, 2.05) is 0 Å². The van der Waals surface area contributed by atoms with Gasteiger partial charge >= 0.3 is 0 Å². The number of hydrogen-bond donors (Lipinski definition) is 1. The molecular formula is C22H20N4O5S. The fourth-order valence-corrected chi connectivity index (χ4v) is 4.40. The van der Waals surface area contributed by atoms with Crippen molar-refractivity contribution in [2.24, 2.45) is 0 Å². The van der Waals surface area contributed by atoms with Crippen molar-refractivity contribution in [1.82, 2.24) is 15.2 Å². The van der Waals surface area contributed by atoms with Gasteiger partial charge in [0.1, 0.15) is 0 Å². The zero-order valence-corrected chi connectivity index (χ0v) is 18.4. The first-order valence-corrected chi connectivity index (χ1v) is 11.0. The predicted molar refractivity (Wildman–Crippen MR) is 118 cm³/mol. The summed E-state index contributed by atoms with van der Waals surface area (Å²) in [4.78, 5) is 4.03. The lowest BCUT2D eigenvalue weighted by atomic mass is 10.1. The van der Waals surface area contributed by atoms with Crippen LogP contribution in [0, 0.1) is 6.92 Å². The molecule has 164 valence electrons. The summed E-state index contributed by atoms with van der Waals surface area (Å²) in [5.41, 5.74) is 2.05. The maximum Gasteiger partial charge on any atom is 0.262 e. The number of sulfonamides is 1. The first kappa shape index (κ1) is 21.3. The lowest BCUT2D eigenvalue weighted by Crippen LogP contribution is -2.14. The number of benzene rings is 2. The number of aryl methyl sites for hydroxylation is 1. The maximum absolute atomic E-state index is 12.9. The van der Waals surface area contributed by atoms with Crippen LogP contribution in [0.25, 0.3) is 22.9 Å². The van der Waals surface area contributed by atoms with E-state index in [-0.39, 0.29) is 16.7 Å². The van der Waals surface area contributed by atoms with E-state index in [1.54, 1.807) is 62.7 Å². The van der Waals surface area contributed by atoms with Crippen molar-refractivity contribution >= 4 is 15.7 Å². The van der Waals surface area contributed by atoms with Crippen LogP contribution >= 0.6 is 0 Å². The molecule has 0 fully saturated rings. The molecule has 4 aromatic rings. The summed E-state index contributed by atoms with van der Waals surface area (Å²) in [5, 5.41) is 8.17. The first-order chi connectivity index (χ1) is 15.4. The number of hydrogen-bond acceptors (Lipinski definition) is 8. The van der Waals surface area contributed by atoms with Gasteiger partial charge in [0, 0.05) is 17.3 Å². The Labute approximate surface area is 185 Å². The molecule has 4 rings (SSSR count). The molecule has 9 nitrogen and oxygen atoms in total. The van der Waals surface area contributed by atoms with E-state index >= 15 is 0 Å². The highest BCUT2D eigenvalue weighted by atomic mass is 32.2. The molecule has 0 bridgehead atoms. The van der Waals surface area contributed by atoms with Gasteiger partial charge in [0.25, 0.3) is 10.0 Å². The molecule has 10 heteroatoms. The van der Waals surface area contributed by atoms with Crippen LogP contribution in [0.15, 0.2) is 70.2 Å². The Morgan fingerprint density at radius 1 is 0.906 bits per heavy atom. The van der Waals surface area contributed by atoms with E-state index < -0.39 is 10.0 Å². The number of ether oxygens (including phenoxy) is 2. The number of methoxy groups -OCH3 is 2. The van der Waals surface area contributed by atoms with Crippen molar-refractivity contribution in [3.05, 3.63) is 66.5 Å². The monoisotopic (exact) mass is 452 g/mol. The molecule has 0 aliphatic rings. The molecule has 2 heterocycles. The predicted octanol–water partition coefficient (Wildman–Crippen LogP) is 3.93. The molecule has 0 atom stereocenters. The van der Waals surface area contributed by atoms with Crippen molar-refractivity contribution in [3.8, 4) is 34.4 Å². The Morgan fingerprint density at radius 3 is 2.25 bits per heavy atom. The molecule has 0 amide bonds. The summed E-state index contributed by atoms with van der Waals surface area (Å²) in [6, 6.07) is 13.4. The molecule has 0 saturated heterocycles. The van der Waals surface area contributed by atoms with Gasteiger partial charge in [-0.25, -0.2) is 8.42 Å². The summed E-state index contributed by atoms with van der Waals surface area (Å²) >= 11 is 0. The highest BCUT2D eigenvalue weighted by Crippen LogP contribution is 2.33. The lowest BCUT2D eigenvalue weighted by molar-refractivity contribution is 0.355. The molecule has 32 heavy (non-hydrogen) atoms. The molecule has 1 N–H and O–H groups in total. The van der Waals surface area contributed by atoms with E-state index in [1.165, 1.54) is 19.4 Å². The van der Waals surface area contributed by atoms with E-state index in [0.29, 0.717) is 33.9 Å². The fourth-order valence-electron chi connectivity index (χ4n) is 3.08. The quantitative estimate of drug-likeness (QED) is 0.448. The molecule has 2 aromatic carbocycles. The Morgan fingerprint density at radius 2 is 1.59 bits per heavy atom. The molecule has 2 aromatic heterocycles. The zero-order valence-electron chi connectivity index (χ0n) is 17.6. The molecule has 0 radical (unpaired) electrons. The van der Waals surface area contributed by atoms with Crippen LogP contribution in [0.3, 0.4) is 0 Å². The van der Waals surface area contributed by atoms with Gasteiger partial charge in [-0.15, -0.1) is 10.2 Å². The summed E-state index contributed by atoms with van der Waals surface area (Å²) in [6.07, 6.45) is 3.00. The smallest absolute Gasteiger partial charge is 0.262 e. The van der Waals surface area contributed by atoms with Crippen molar-refractivity contribution in [1.29, 1.82) is 0 Å². The lowest BCUT2D eigenvalue weighted by Gasteiger charge is -2.11. The van der Waals surface area contributed by atoms with Crippen molar-refractivity contribution in [3.63, 3.8) is 0 Å². The molecule has 0 saturated carbocycles. The minimum absolute atomic E-state index is 0.102. The molecule has 0 spiro atoms. The summed E-state index contributed by atoms with van der Waals surface area (Å²) in [6.45, 7) is 1.71. The molecule has 0 unspecified atom stereocenters. The summed E-state index contributed by atoms with van der Waals surface area (Å²) in [7, 11) is -0.760. The van der Waals surface area contributed by atoms with Crippen LogP contribution in [-0.2, 0) is 10.0 Å². The number of pyridine rings is 1. The minimum atomic E-state index is -3.85. The summed E-state index contributed by atoms with van der Waals surface area (Å²) in [5.74, 6) is 1.55. The standard InChI is InChI=1S/C22H20N4O5S/c1-14-6-7-16(12-20(14)32(27,28)26-17-5-4-10-23-13-17)22-25-24-21(31-22)15-8-9-18(29-2)19(11-15)30-3/h4-13,26H,1-3H3. The third kappa shape index (κ3) is 4.26. The average molecular weight is 452 g/mol. The Kier molecular flexibility index (Phi) is 5.78. The summed E-state index contributed by atoms with van der Waals surface area (Å²) < 4.78 is 44.8. The third-order valence-corrected chi connectivity index (χ3v) is 6.22. The van der Waals surface area contributed by atoms with Crippen LogP contribution in [0.2, 0.25) is 0 Å². The van der Waals surface area contributed by atoms with Crippen LogP contribution < -0.4 is 14.2 Å².